The van der Waals surface area contributed by atoms with E-state index in [4.69, 9.17) is 0 Å². The number of rotatable bonds is 4. The minimum Gasteiger partial charge on any atom is -0.315 e. The van der Waals surface area contributed by atoms with Gasteiger partial charge in [0.2, 0.25) is 0 Å². The highest BCUT2D eigenvalue weighted by Gasteiger charge is 2.35. The van der Waals surface area contributed by atoms with Gasteiger partial charge in [0.05, 0.1) is 0 Å². The Kier molecular flexibility index (Phi) is 6.10. The van der Waals surface area contributed by atoms with Crippen LogP contribution in [0.1, 0.15) is 59.8 Å². The Bertz CT molecular complexity index is 302. The summed E-state index contributed by atoms with van der Waals surface area (Å²) in [6.07, 6.45) is 6.98. The normalized spacial score (nSPS) is 33.3. The third-order valence-corrected chi connectivity index (χ3v) is 5.72. The van der Waals surface area contributed by atoms with Crippen LogP contribution in [-0.4, -0.2) is 60.6 Å². The van der Waals surface area contributed by atoms with E-state index >= 15 is 0 Å². The van der Waals surface area contributed by atoms with Crippen molar-refractivity contribution in [3.8, 4) is 0 Å². The molecule has 2 fully saturated rings. The number of hydrogen-bond donors (Lipinski definition) is 1. The van der Waals surface area contributed by atoms with Crippen molar-refractivity contribution in [3.63, 3.8) is 0 Å². The average molecular weight is 296 g/mol. The molecule has 3 nitrogen and oxygen atoms in total. The van der Waals surface area contributed by atoms with E-state index in [9.17, 15) is 0 Å². The number of piperazine rings is 1. The maximum Gasteiger partial charge on any atom is 0.0252 e. The Labute approximate surface area is 132 Å². The zero-order valence-electron chi connectivity index (χ0n) is 15.0. The van der Waals surface area contributed by atoms with E-state index in [2.05, 4.69) is 49.9 Å². The second-order valence-electron chi connectivity index (χ2n) is 8.12. The fourth-order valence-electron chi connectivity index (χ4n) is 4.37. The van der Waals surface area contributed by atoms with Crippen molar-refractivity contribution in [3.05, 3.63) is 0 Å². The predicted octanol–water partition coefficient (Wildman–Crippen LogP) is 2.96. The van der Waals surface area contributed by atoms with Gasteiger partial charge in [-0.2, -0.15) is 0 Å². The van der Waals surface area contributed by atoms with Crippen LogP contribution in [0.4, 0.5) is 0 Å². The van der Waals surface area contributed by atoms with E-state index in [0.717, 1.165) is 12.0 Å². The monoisotopic (exact) mass is 295 g/mol. The van der Waals surface area contributed by atoms with Crippen LogP contribution in [0.5, 0.6) is 0 Å². The summed E-state index contributed by atoms with van der Waals surface area (Å²) in [6, 6.07) is 1.47. The van der Waals surface area contributed by atoms with E-state index in [1.165, 1.54) is 58.3 Å². The van der Waals surface area contributed by atoms with Gasteiger partial charge in [0.1, 0.15) is 0 Å². The zero-order valence-corrected chi connectivity index (χ0v) is 15.0. The minimum atomic E-state index is 0.325. The molecule has 124 valence electrons. The van der Waals surface area contributed by atoms with Gasteiger partial charge in [0.15, 0.2) is 0 Å². The lowest BCUT2D eigenvalue weighted by atomic mass is 9.79. The molecule has 1 aliphatic carbocycles. The van der Waals surface area contributed by atoms with Crippen molar-refractivity contribution >= 4 is 0 Å². The van der Waals surface area contributed by atoms with Crippen LogP contribution in [-0.2, 0) is 0 Å². The first kappa shape index (κ1) is 17.2. The Balaban J connectivity index is 1.92. The van der Waals surface area contributed by atoms with Crippen LogP contribution < -0.4 is 5.32 Å². The number of hydrogen-bond acceptors (Lipinski definition) is 3. The molecule has 1 saturated carbocycles. The molecule has 0 spiro atoms. The first-order chi connectivity index (χ1) is 9.95. The lowest BCUT2D eigenvalue weighted by molar-refractivity contribution is 0.0158. The smallest absolute Gasteiger partial charge is 0.0252 e. The average Bonchev–Trinajstić information content (AvgIpc) is 2.47. The van der Waals surface area contributed by atoms with Gasteiger partial charge in [-0.15, -0.1) is 0 Å². The van der Waals surface area contributed by atoms with Gasteiger partial charge in [-0.05, 0) is 53.0 Å². The van der Waals surface area contributed by atoms with Crippen LogP contribution in [0.3, 0.4) is 0 Å². The first-order valence-corrected chi connectivity index (χ1v) is 9.12. The van der Waals surface area contributed by atoms with E-state index in [1.807, 2.05) is 0 Å². The number of nitrogens with zero attached hydrogens (tertiary/aromatic N) is 2. The summed E-state index contributed by atoms with van der Waals surface area (Å²) in [5.41, 5.74) is 0.325. The SMILES string of the molecule is CCCC1CCC(NC)C(N2CCN(C(C)(C)C)CC2)C1. The second-order valence-corrected chi connectivity index (χ2v) is 8.12. The molecular formula is C18H37N3. The van der Waals surface area contributed by atoms with Crippen LogP contribution in [0.15, 0.2) is 0 Å². The van der Waals surface area contributed by atoms with E-state index in [0.29, 0.717) is 11.6 Å². The molecule has 1 heterocycles. The summed E-state index contributed by atoms with van der Waals surface area (Å²) >= 11 is 0. The Hall–Kier alpha value is -0.120. The van der Waals surface area contributed by atoms with Gasteiger partial charge in [-0.3, -0.25) is 9.80 Å². The standard InChI is InChI=1S/C18H37N3/c1-6-7-15-8-9-16(19-5)17(14-15)20-10-12-21(13-11-20)18(2,3)4/h15-17,19H,6-14H2,1-5H3. The Morgan fingerprint density at radius 2 is 1.71 bits per heavy atom. The van der Waals surface area contributed by atoms with Crippen molar-refractivity contribution < 1.29 is 0 Å². The van der Waals surface area contributed by atoms with Gasteiger partial charge < -0.3 is 5.32 Å². The second kappa shape index (κ2) is 7.43. The quantitative estimate of drug-likeness (QED) is 0.860. The highest BCUT2D eigenvalue weighted by atomic mass is 15.3. The lowest BCUT2D eigenvalue weighted by Gasteiger charge is -2.48. The number of nitrogens with one attached hydrogen (secondary N) is 1. The molecule has 0 aromatic heterocycles. The molecule has 2 aliphatic rings. The molecule has 3 atom stereocenters. The highest BCUT2D eigenvalue weighted by molar-refractivity contribution is 4.93. The molecule has 3 heteroatoms. The minimum absolute atomic E-state index is 0.325. The van der Waals surface area contributed by atoms with Crippen molar-refractivity contribution in [2.75, 3.05) is 33.2 Å². The highest BCUT2D eigenvalue weighted by Crippen LogP contribution is 2.32. The molecule has 0 aromatic carbocycles. The Morgan fingerprint density at radius 3 is 2.24 bits per heavy atom. The molecule has 0 aromatic rings. The molecule has 21 heavy (non-hydrogen) atoms. The van der Waals surface area contributed by atoms with Crippen LogP contribution in [0, 0.1) is 5.92 Å². The fraction of sp³-hybridized carbons (Fsp3) is 1.00. The van der Waals surface area contributed by atoms with E-state index < -0.39 is 0 Å². The van der Waals surface area contributed by atoms with Crippen molar-refractivity contribution in [2.45, 2.75) is 77.4 Å². The summed E-state index contributed by atoms with van der Waals surface area (Å²) in [5, 5.41) is 3.60. The van der Waals surface area contributed by atoms with E-state index in [1.54, 1.807) is 0 Å². The summed E-state index contributed by atoms with van der Waals surface area (Å²) in [7, 11) is 2.16. The largest absolute Gasteiger partial charge is 0.315 e. The third-order valence-electron chi connectivity index (χ3n) is 5.72. The van der Waals surface area contributed by atoms with Gasteiger partial charge in [0.25, 0.3) is 0 Å². The number of likely N-dealkylation sites (N-methyl/N-ethyl adjacent to an activating group) is 1. The molecule has 2 rings (SSSR count). The van der Waals surface area contributed by atoms with Crippen LogP contribution in [0.25, 0.3) is 0 Å². The summed E-state index contributed by atoms with van der Waals surface area (Å²) in [6.45, 7) is 14.3. The molecule has 1 aliphatic heterocycles. The summed E-state index contributed by atoms with van der Waals surface area (Å²) < 4.78 is 0. The molecule has 0 amide bonds. The molecule has 3 unspecified atom stereocenters. The van der Waals surface area contributed by atoms with Gasteiger partial charge in [-0.25, -0.2) is 0 Å². The topological polar surface area (TPSA) is 18.5 Å². The molecule has 0 bridgehead atoms. The lowest BCUT2D eigenvalue weighted by Crippen LogP contribution is -2.60. The molecule has 1 N–H and O–H groups in total. The predicted molar refractivity (Wildman–Crippen MR) is 91.8 cm³/mol. The Morgan fingerprint density at radius 1 is 1.05 bits per heavy atom. The van der Waals surface area contributed by atoms with Crippen LogP contribution >= 0.6 is 0 Å². The molecule has 1 saturated heterocycles. The molecular weight excluding hydrogens is 258 g/mol. The maximum absolute atomic E-state index is 3.60. The molecule has 0 radical (unpaired) electrons. The van der Waals surface area contributed by atoms with Crippen molar-refractivity contribution in [2.24, 2.45) is 5.92 Å². The van der Waals surface area contributed by atoms with Gasteiger partial charge >= 0.3 is 0 Å². The first-order valence-electron chi connectivity index (χ1n) is 9.12. The van der Waals surface area contributed by atoms with Crippen molar-refractivity contribution in [1.29, 1.82) is 0 Å². The van der Waals surface area contributed by atoms with E-state index in [-0.39, 0.29) is 0 Å². The van der Waals surface area contributed by atoms with Gasteiger partial charge in [0, 0.05) is 43.8 Å². The fourth-order valence-corrected chi connectivity index (χ4v) is 4.37. The summed E-state index contributed by atoms with van der Waals surface area (Å²) in [4.78, 5) is 5.43. The van der Waals surface area contributed by atoms with Crippen molar-refractivity contribution in [1.82, 2.24) is 15.1 Å². The zero-order chi connectivity index (χ0) is 15.5. The third kappa shape index (κ3) is 4.43. The maximum atomic E-state index is 3.60. The summed E-state index contributed by atoms with van der Waals surface area (Å²) in [5.74, 6) is 0.963. The van der Waals surface area contributed by atoms with Gasteiger partial charge in [-0.1, -0.05) is 19.8 Å². The van der Waals surface area contributed by atoms with Crippen LogP contribution in [0.2, 0.25) is 0 Å².